The Morgan fingerprint density at radius 1 is 1.24 bits per heavy atom. The SMILES string of the molecule is CO[C@@H](CN1CCNCC1)c1ccc(C)cc1. The standard InChI is InChI=1S/C14H22N2O/c1-12-3-5-13(6-4-12)14(17-2)11-16-9-7-15-8-10-16/h3-6,14-15H,7-11H2,1-2H3/t14-/m0/s1. The summed E-state index contributed by atoms with van der Waals surface area (Å²) in [5.41, 5.74) is 2.57. The number of methoxy groups -OCH3 is 1. The maximum absolute atomic E-state index is 5.62. The second-order valence-corrected chi connectivity index (χ2v) is 4.69. The van der Waals surface area contributed by atoms with Gasteiger partial charge in [0.2, 0.25) is 0 Å². The fourth-order valence-corrected chi connectivity index (χ4v) is 2.23. The highest BCUT2D eigenvalue weighted by Crippen LogP contribution is 2.18. The van der Waals surface area contributed by atoms with Crippen molar-refractivity contribution in [1.29, 1.82) is 0 Å². The predicted molar refractivity (Wildman–Crippen MR) is 70.2 cm³/mol. The van der Waals surface area contributed by atoms with Crippen LogP contribution in [0.5, 0.6) is 0 Å². The van der Waals surface area contributed by atoms with Gasteiger partial charge in [-0.25, -0.2) is 0 Å². The van der Waals surface area contributed by atoms with E-state index < -0.39 is 0 Å². The summed E-state index contributed by atoms with van der Waals surface area (Å²) in [5, 5.41) is 3.37. The van der Waals surface area contributed by atoms with Crippen molar-refractivity contribution < 1.29 is 4.74 Å². The van der Waals surface area contributed by atoms with Crippen LogP contribution in [0.3, 0.4) is 0 Å². The molecule has 0 aliphatic carbocycles. The molecule has 0 radical (unpaired) electrons. The summed E-state index contributed by atoms with van der Waals surface area (Å²) in [5.74, 6) is 0. The summed E-state index contributed by atoms with van der Waals surface area (Å²) in [7, 11) is 1.80. The minimum Gasteiger partial charge on any atom is -0.375 e. The lowest BCUT2D eigenvalue weighted by molar-refractivity contribution is 0.0594. The second kappa shape index (κ2) is 6.15. The van der Waals surface area contributed by atoms with Gasteiger partial charge in [-0.15, -0.1) is 0 Å². The van der Waals surface area contributed by atoms with Crippen LogP contribution >= 0.6 is 0 Å². The van der Waals surface area contributed by atoms with Crippen LogP contribution in [0, 0.1) is 6.92 Å². The highest BCUT2D eigenvalue weighted by atomic mass is 16.5. The molecule has 1 aromatic carbocycles. The van der Waals surface area contributed by atoms with Gasteiger partial charge in [0.1, 0.15) is 0 Å². The molecule has 2 rings (SSSR count). The van der Waals surface area contributed by atoms with Crippen molar-refractivity contribution in [2.24, 2.45) is 0 Å². The van der Waals surface area contributed by atoms with E-state index in [4.69, 9.17) is 4.74 Å². The number of hydrogen-bond donors (Lipinski definition) is 1. The third kappa shape index (κ3) is 3.53. The normalized spacial score (nSPS) is 19.2. The molecular formula is C14H22N2O. The van der Waals surface area contributed by atoms with E-state index in [1.165, 1.54) is 11.1 Å². The summed E-state index contributed by atoms with van der Waals surface area (Å²) in [6.07, 6.45) is 0.189. The van der Waals surface area contributed by atoms with Crippen LogP contribution in [0.2, 0.25) is 0 Å². The lowest BCUT2D eigenvalue weighted by atomic mass is 10.1. The van der Waals surface area contributed by atoms with Gasteiger partial charge in [-0.3, -0.25) is 4.90 Å². The largest absolute Gasteiger partial charge is 0.375 e. The Morgan fingerprint density at radius 2 is 1.88 bits per heavy atom. The van der Waals surface area contributed by atoms with Crippen LogP contribution in [0.25, 0.3) is 0 Å². The Bertz CT molecular complexity index is 331. The summed E-state index contributed by atoms with van der Waals surface area (Å²) in [6.45, 7) is 7.51. The minimum atomic E-state index is 0.189. The van der Waals surface area contributed by atoms with Crippen LogP contribution in [0.1, 0.15) is 17.2 Å². The van der Waals surface area contributed by atoms with Gasteiger partial charge in [0, 0.05) is 39.8 Å². The van der Waals surface area contributed by atoms with Crippen molar-refractivity contribution in [2.45, 2.75) is 13.0 Å². The number of nitrogens with zero attached hydrogens (tertiary/aromatic N) is 1. The zero-order valence-corrected chi connectivity index (χ0v) is 10.8. The van der Waals surface area contributed by atoms with E-state index in [0.29, 0.717) is 0 Å². The van der Waals surface area contributed by atoms with Crippen molar-refractivity contribution in [3.63, 3.8) is 0 Å². The molecule has 0 aromatic heterocycles. The summed E-state index contributed by atoms with van der Waals surface area (Å²) < 4.78 is 5.62. The topological polar surface area (TPSA) is 24.5 Å². The first kappa shape index (κ1) is 12.6. The predicted octanol–water partition coefficient (Wildman–Crippen LogP) is 1.59. The molecule has 94 valence electrons. The number of nitrogens with one attached hydrogen (secondary N) is 1. The lowest BCUT2D eigenvalue weighted by Crippen LogP contribution is -2.45. The molecule has 0 spiro atoms. The van der Waals surface area contributed by atoms with E-state index in [9.17, 15) is 0 Å². The van der Waals surface area contributed by atoms with E-state index >= 15 is 0 Å². The maximum Gasteiger partial charge on any atom is 0.0947 e. The maximum atomic E-state index is 5.62. The van der Waals surface area contributed by atoms with E-state index in [1.54, 1.807) is 7.11 Å². The average molecular weight is 234 g/mol. The van der Waals surface area contributed by atoms with E-state index in [0.717, 1.165) is 32.7 Å². The smallest absolute Gasteiger partial charge is 0.0947 e. The molecule has 1 atom stereocenters. The van der Waals surface area contributed by atoms with Crippen molar-refractivity contribution in [3.8, 4) is 0 Å². The quantitative estimate of drug-likeness (QED) is 0.856. The summed E-state index contributed by atoms with van der Waals surface area (Å²) >= 11 is 0. The molecule has 17 heavy (non-hydrogen) atoms. The van der Waals surface area contributed by atoms with Crippen LogP contribution in [0.4, 0.5) is 0 Å². The van der Waals surface area contributed by atoms with Crippen molar-refractivity contribution in [1.82, 2.24) is 10.2 Å². The number of hydrogen-bond acceptors (Lipinski definition) is 3. The van der Waals surface area contributed by atoms with Crippen LogP contribution in [-0.4, -0.2) is 44.7 Å². The fourth-order valence-electron chi connectivity index (χ4n) is 2.23. The number of piperazine rings is 1. The van der Waals surface area contributed by atoms with Crippen LogP contribution < -0.4 is 5.32 Å². The molecule has 1 aliphatic heterocycles. The summed E-state index contributed by atoms with van der Waals surface area (Å²) in [6, 6.07) is 8.65. The highest BCUT2D eigenvalue weighted by Gasteiger charge is 2.17. The molecule has 0 amide bonds. The first-order valence-electron chi connectivity index (χ1n) is 6.32. The number of ether oxygens (including phenoxy) is 1. The fraction of sp³-hybridized carbons (Fsp3) is 0.571. The Balaban J connectivity index is 1.97. The van der Waals surface area contributed by atoms with Gasteiger partial charge in [-0.1, -0.05) is 29.8 Å². The molecular weight excluding hydrogens is 212 g/mol. The van der Waals surface area contributed by atoms with Gasteiger partial charge in [0.25, 0.3) is 0 Å². The van der Waals surface area contributed by atoms with Gasteiger partial charge < -0.3 is 10.1 Å². The van der Waals surface area contributed by atoms with Crippen molar-refractivity contribution in [2.75, 3.05) is 39.8 Å². The zero-order valence-electron chi connectivity index (χ0n) is 10.8. The van der Waals surface area contributed by atoms with E-state index in [1.807, 2.05) is 0 Å². The Labute approximate surface area is 104 Å². The van der Waals surface area contributed by atoms with Gasteiger partial charge in [-0.05, 0) is 12.5 Å². The third-order valence-corrected chi connectivity index (χ3v) is 3.37. The molecule has 0 saturated carbocycles. The molecule has 3 heteroatoms. The molecule has 3 nitrogen and oxygen atoms in total. The van der Waals surface area contributed by atoms with Crippen molar-refractivity contribution in [3.05, 3.63) is 35.4 Å². The van der Waals surface area contributed by atoms with Gasteiger partial charge >= 0.3 is 0 Å². The molecule has 1 N–H and O–H groups in total. The van der Waals surface area contributed by atoms with Gasteiger partial charge in [0.15, 0.2) is 0 Å². The first-order chi connectivity index (χ1) is 8.29. The Morgan fingerprint density at radius 3 is 2.47 bits per heavy atom. The molecule has 1 aliphatic rings. The molecule has 0 bridgehead atoms. The monoisotopic (exact) mass is 234 g/mol. The van der Waals surface area contributed by atoms with E-state index in [-0.39, 0.29) is 6.10 Å². The summed E-state index contributed by atoms with van der Waals surface area (Å²) in [4.78, 5) is 2.46. The van der Waals surface area contributed by atoms with E-state index in [2.05, 4.69) is 41.4 Å². The zero-order chi connectivity index (χ0) is 12.1. The Hall–Kier alpha value is -0.900. The number of benzene rings is 1. The molecule has 1 aromatic rings. The molecule has 1 heterocycles. The van der Waals surface area contributed by atoms with Crippen molar-refractivity contribution >= 4 is 0 Å². The minimum absolute atomic E-state index is 0.189. The average Bonchev–Trinajstić information content (AvgIpc) is 2.38. The third-order valence-electron chi connectivity index (χ3n) is 3.37. The number of aryl methyl sites for hydroxylation is 1. The van der Waals surface area contributed by atoms with Crippen LogP contribution in [0.15, 0.2) is 24.3 Å². The van der Waals surface area contributed by atoms with Gasteiger partial charge in [-0.2, -0.15) is 0 Å². The number of rotatable bonds is 4. The highest BCUT2D eigenvalue weighted by molar-refractivity contribution is 5.23. The second-order valence-electron chi connectivity index (χ2n) is 4.69. The molecule has 0 unspecified atom stereocenters. The first-order valence-corrected chi connectivity index (χ1v) is 6.32. The van der Waals surface area contributed by atoms with Crippen LogP contribution in [-0.2, 0) is 4.74 Å². The Kier molecular flexibility index (Phi) is 4.54. The molecule has 1 saturated heterocycles. The molecule has 1 fully saturated rings. The van der Waals surface area contributed by atoms with Gasteiger partial charge in [0.05, 0.1) is 6.10 Å². The lowest BCUT2D eigenvalue weighted by Gasteiger charge is -2.30.